The molecule has 6 heteroatoms. The van der Waals surface area contributed by atoms with Gasteiger partial charge in [-0.1, -0.05) is 0 Å². The molecule has 0 fully saturated rings. The van der Waals surface area contributed by atoms with E-state index in [1.807, 2.05) is 0 Å². The lowest BCUT2D eigenvalue weighted by molar-refractivity contribution is 0.387. The van der Waals surface area contributed by atoms with Crippen molar-refractivity contribution in [3.8, 4) is 17.1 Å². The molecule has 0 saturated heterocycles. The lowest BCUT2D eigenvalue weighted by atomic mass is 10.2. The van der Waals surface area contributed by atoms with Crippen LogP contribution in [0.2, 0.25) is 0 Å². The monoisotopic (exact) mass is 225 g/mol. The fourth-order valence-electron chi connectivity index (χ4n) is 1.15. The average Bonchev–Trinajstić information content (AvgIpc) is 2.66. The number of hydrogen-bond acceptors (Lipinski definition) is 5. The van der Waals surface area contributed by atoms with Crippen LogP contribution in [0.15, 0.2) is 18.2 Å². The second kappa shape index (κ2) is 3.82. The predicted octanol–water partition coefficient (Wildman–Crippen LogP) is 1.94. The average molecular weight is 225 g/mol. The van der Waals surface area contributed by atoms with Gasteiger partial charge in [-0.15, -0.1) is 0 Å². The minimum absolute atomic E-state index is 0.167. The number of anilines is 1. The van der Waals surface area contributed by atoms with Crippen LogP contribution in [-0.4, -0.2) is 16.5 Å². The summed E-state index contributed by atoms with van der Waals surface area (Å²) >= 11 is 1.10. The van der Waals surface area contributed by atoms with E-state index in [4.69, 9.17) is 10.5 Å². The summed E-state index contributed by atoms with van der Waals surface area (Å²) in [5.41, 5.74) is 6.14. The second-order valence-electron chi connectivity index (χ2n) is 2.81. The number of halogens is 1. The van der Waals surface area contributed by atoms with Crippen molar-refractivity contribution in [3.63, 3.8) is 0 Å². The lowest BCUT2D eigenvalue weighted by Gasteiger charge is -2.02. The van der Waals surface area contributed by atoms with Crippen LogP contribution in [-0.2, 0) is 0 Å². The van der Waals surface area contributed by atoms with Gasteiger partial charge in [-0.05, 0) is 18.2 Å². The molecule has 78 valence electrons. The normalized spacial score (nSPS) is 10.3. The number of nitrogens with zero attached hydrogens (tertiary/aromatic N) is 2. The number of nitrogen functional groups attached to an aromatic ring is 1. The number of benzene rings is 1. The summed E-state index contributed by atoms with van der Waals surface area (Å²) in [6, 6.07) is 4.43. The largest absolute Gasteiger partial charge is 0.494 e. The summed E-state index contributed by atoms with van der Waals surface area (Å²) in [7, 11) is 1.41. The summed E-state index contributed by atoms with van der Waals surface area (Å²) < 4.78 is 22.0. The molecular weight excluding hydrogens is 217 g/mol. The van der Waals surface area contributed by atoms with Gasteiger partial charge in [0.1, 0.15) is 0 Å². The van der Waals surface area contributed by atoms with Crippen LogP contribution >= 0.6 is 11.5 Å². The van der Waals surface area contributed by atoms with Gasteiger partial charge in [-0.2, -0.15) is 9.36 Å². The van der Waals surface area contributed by atoms with E-state index in [0.29, 0.717) is 16.5 Å². The fourth-order valence-corrected chi connectivity index (χ4v) is 1.60. The molecule has 0 atom stereocenters. The van der Waals surface area contributed by atoms with Crippen molar-refractivity contribution in [2.75, 3.05) is 12.8 Å². The molecule has 15 heavy (non-hydrogen) atoms. The van der Waals surface area contributed by atoms with E-state index in [0.717, 1.165) is 11.5 Å². The molecule has 0 amide bonds. The highest BCUT2D eigenvalue weighted by Gasteiger charge is 2.08. The Morgan fingerprint density at radius 3 is 2.87 bits per heavy atom. The van der Waals surface area contributed by atoms with Gasteiger partial charge in [0.2, 0.25) is 0 Å². The number of hydrogen-bond donors (Lipinski definition) is 1. The molecular formula is C9H8FN3OS. The Bertz CT molecular complexity index is 486. The smallest absolute Gasteiger partial charge is 0.200 e. The lowest BCUT2D eigenvalue weighted by Crippen LogP contribution is -1.90. The molecule has 4 nitrogen and oxygen atoms in total. The van der Waals surface area contributed by atoms with Crippen LogP contribution in [0.3, 0.4) is 0 Å². The minimum atomic E-state index is -0.413. The van der Waals surface area contributed by atoms with Crippen molar-refractivity contribution in [3.05, 3.63) is 24.0 Å². The molecule has 1 aromatic heterocycles. The first-order chi connectivity index (χ1) is 7.20. The van der Waals surface area contributed by atoms with Crippen molar-refractivity contribution in [2.24, 2.45) is 0 Å². The molecule has 0 aliphatic rings. The van der Waals surface area contributed by atoms with Gasteiger partial charge in [0.25, 0.3) is 0 Å². The Labute approximate surface area is 89.7 Å². The minimum Gasteiger partial charge on any atom is -0.494 e. The first-order valence-electron chi connectivity index (χ1n) is 4.14. The Morgan fingerprint density at radius 1 is 1.47 bits per heavy atom. The molecule has 0 bridgehead atoms. The molecule has 0 aliphatic carbocycles. The summed E-state index contributed by atoms with van der Waals surface area (Å²) in [6.45, 7) is 0. The molecule has 1 heterocycles. The van der Waals surface area contributed by atoms with Crippen LogP contribution < -0.4 is 10.5 Å². The van der Waals surface area contributed by atoms with Crippen LogP contribution in [0.4, 0.5) is 9.52 Å². The van der Waals surface area contributed by atoms with Crippen molar-refractivity contribution in [1.82, 2.24) is 9.36 Å². The highest BCUT2D eigenvalue weighted by molar-refractivity contribution is 7.09. The van der Waals surface area contributed by atoms with Crippen LogP contribution in [0.25, 0.3) is 11.4 Å². The van der Waals surface area contributed by atoms with E-state index in [-0.39, 0.29) is 5.75 Å². The standard InChI is InChI=1S/C9H8FN3OS/c1-14-7-4-5(2-3-6(7)10)8-12-9(11)15-13-8/h2-4H,1H3,(H2,11,12,13). The van der Waals surface area contributed by atoms with Crippen LogP contribution in [0.5, 0.6) is 5.75 Å². The third-order valence-electron chi connectivity index (χ3n) is 1.85. The summed E-state index contributed by atoms with van der Waals surface area (Å²) in [4.78, 5) is 3.99. The third-order valence-corrected chi connectivity index (χ3v) is 2.39. The SMILES string of the molecule is COc1cc(-c2nsc(N)n2)ccc1F. The molecule has 0 unspecified atom stereocenters. The van der Waals surface area contributed by atoms with Crippen molar-refractivity contribution >= 4 is 16.7 Å². The zero-order valence-corrected chi connectivity index (χ0v) is 8.71. The molecule has 2 aromatic rings. The number of ether oxygens (including phenoxy) is 1. The fraction of sp³-hybridized carbons (Fsp3) is 0.111. The van der Waals surface area contributed by atoms with E-state index >= 15 is 0 Å². The molecule has 0 saturated carbocycles. The van der Waals surface area contributed by atoms with E-state index in [2.05, 4.69) is 9.36 Å². The maximum absolute atomic E-state index is 13.1. The van der Waals surface area contributed by atoms with Crippen LogP contribution in [0.1, 0.15) is 0 Å². The Balaban J connectivity index is 2.45. The maximum atomic E-state index is 13.1. The first-order valence-corrected chi connectivity index (χ1v) is 4.91. The van der Waals surface area contributed by atoms with E-state index in [1.165, 1.54) is 19.2 Å². The summed E-state index contributed by atoms with van der Waals surface area (Å²) in [5.74, 6) is 0.237. The number of nitrogens with two attached hydrogens (primary N) is 1. The zero-order valence-electron chi connectivity index (χ0n) is 7.90. The van der Waals surface area contributed by atoms with Crippen molar-refractivity contribution in [1.29, 1.82) is 0 Å². The maximum Gasteiger partial charge on any atom is 0.200 e. The van der Waals surface area contributed by atoms with Crippen LogP contribution in [0, 0.1) is 5.82 Å². The van der Waals surface area contributed by atoms with Gasteiger partial charge in [-0.3, -0.25) is 0 Å². The van der Waals surface area contributed by atoms with Gasteiger partial charge >= 0.3 is 0 Å². The first kappa shape index (κ1) is 9.85. The Kier molecular flexibility index (Phi) is 2.51. The number of aromatic nitrogens is 2. The van der Waals surface area contributed by atoms with Crippen molar-refractivity contribution < 1.29 is 9.13 Å². The topological polar surface area (TPSA) is 61.0 Å². The molecule has 0 aliphatic heterocycles. The zero-order chi connectivity index (χ0) is 10.8. The highest BCUT2D eigenvalue weighted by Crippen LogP contribution is 2.25. The number of rotatable bonds is 2. The summed E-state index contributed by atoms with van der Waals surface area (Å²) in [5, 5.41) is 0.383. The van der Waals surface area contributed by atoms with Gasteiger partial charge in [0.05, 0.1) is 7.11 Å². The van der Waals surface area contributed by atoms with E-state index < -0.39 is 5.82 Å². The third kappa shape index (κ3) is 1.89. The summed E-state index contributed by atoms with van der Waals surface area (Å²) in [6.07, 6.45) is 0. The van der Waals surface area contributed by atoms with Gasteiger partial charge in [0.15, 0.2) is 22.5 Å². The quantitative estimate of drug-likeness (QED) is 0.848. The van der Waals surface area contributed by atoms with Gasteiger partial charge in [-0.25, -0.2) is 4.39 Å². The van der Waals surface area contributed by atoms with E-state index in [9.17, 15) is 4.39 Å². The molecule has 0 radical (unpaired) electrons. The molecule has 0 spiro atoms. The molecule has 2 N–H and O–H groups in total. The van der Waals surface area contributed by atoms with E-state index in [1.54, 1.807) is 6.07 Å². The second-order valence-corrected chi connectivity index (χ2v) is 3.59. The Morgan fingerprint density at radius 2 is 2.27 bits per heavy atom. The highest BCUT2D eigenvalue weighted by atomic mass is 32.1. The van der Waals surface area contributed by atoms with Crippen molar-refractivity contribution in [2.45, 2.75) is 0 Å². The Hall–Kier alpha value is -1.69. The van der Waals surface area contributed by atoms with Gasteiger partial charge in [0, 0.05) is 17.1 Å². The molecule has 1 aromatic carbocycles. The molecule has 2 rings (SSSR count). The number of methoxy groups -OCH3 is 1. The predicted molar refractivity (Wildman–Crippen MR) is 56.3 cm³/mol. The van der Waals surface area contributed by atoms with Gasteiger partial charge < -0.3 is 10.5 Å².